The first-order valence-corrected chi connectivity index (χ1v) is 9.02. The summed E-state index contributed by atoms with van der Waals surface area (Å²) in [5, 5.41) is 3.27. The molecular formula is C13H24N2O3S2. The summed E-state index contributed by atoms with van der Waals surface area (Å²) in [5.41, 5.74) is 0. The average Bonchev–Trinajstić information content (AvgIpc) is 2.85. The zero-order valence-corrected chi connectivity index (χ0v) is 14.1. The molecular weight excluding hydrogens is 296 g/mol. The highest BCUT2D eigenvalue weighted by Gasteiger charge is 2.20. The molecule has 7 heteroatoms. The van der Waals surface area contributed by atoms with Gasteiger partial charge in [-0.05, 0) is 18.6 Å². The first kappa shape index (κ1) is 17.6. The summed E-state index contributed by atoms with van der Waals surface area (Å²) >= 11 is 1.30. The highest BCUT2D eigenvalue weighted by molar-refractivity contribution is 7.91. The molecule has 116 valence electrons. The van der Waals surface area contributed by atoms with Crippen LogP contribution in [0.3, 0.4) is 0 Å². The van der Waals surface area contributed by atoms with Gasteiger partial charge in [-0.1, -0.05) is 20.8 Å². The second kappa shape index (κ2) is 8.09. The average molecular weight is 320 g/mol. The van der Waals surface area contributed by atoms with Crippen molar-refractivity contribution in [1.82, 2.24) is 10.0 Å². The van der Waals surface area contributed by atoms with Crippen LogP contribution in [-0.4, -0.2) is 34.2 Å². The number of rotatable bonds is 9. The Hall–Kier alpha value is -0.470. The van der Waals surface area contributed by atoms with Gasteiger partial charge in [0.05, 0.1) is 6.61 Å². The van der Waals surface area contributed by atoms with Crippen LogP contribution in [0, 0.1) is 0 Å². The third-order valence-electron chi connectivity index (χ3n) is 2.77. The first-order chi connectivity index (χ1) is 9.39. The number of methoxy groups -OCH3 is 1. The molecule has 0 aliphatic rings. The Morgan fingerprint density at radius 2 is 2.05 bits per heavy atom. The van der Waals surface area contributed by atoms with Gasteiger partial charge in [-0.15, -0.1) is 11.3 Å². The fourth-order valence-corrected chi connectivity index (χ4v) is 4.24. The Balaban J connectivity index is 2.72. The third-order valence-corrected chi connectivity index (χ3v) is 5.87. The van der Waals surface area contributed by atoms with Crippen LogP contribution in [-0.2, 0) is 21.3 Å². The Morgan fingerprint density at radius 1 is 1.35 bits per heavy atom. The van der Waals surface area contributed by atoms with E-state index in [0.29, 0.717) is 29.8 Å². The topological polar surface area (TPSA) is 67.4 Å². The molecule has 0 radical (unpaired) electrons. The lowest BCUT2D eigenvalue weighted by Gasteiger charge is -2.15. The smallest absolute Gasteiger partial charge is 0.250 e. The fourth-order valence-electron chi connectivity index (χ4n) is 1.62. The summed E-state index contributed by atoms with van der Waals surface area (Å²) in [6.07, 6.45) is 0.695. The summed E-state index contributed by atoms with van der Waals surface area (Å²) in [6.45, 7) is 7.11. The maximum absolute atomic E-state index is 12.3. The van der Waals surface area contributed by atoms with E-state index in [0.717, 1.165) is 4.88 Å². The number of sulfonamides is 1. The van der Waals surface area contributed by atoms with Gasteiger partial charge in [0.15, 0.2) is 0 Å². The lowest BCUT2D eigenvalue weighted by atomic mass is 10.3. The molecule has 0 aliphatic heterocycles. The normalized spacial score (nSPS) is 13.8. The first-order valence-electron chi connectivity index (χ1n) is 6.72. The van der Waals surface area contributed by atoms with Crippen LogP contribution >= 0.6 is 11.3 Å². The van der Waals surface area contributed by atoms with Gasteiger partial charge in [0.25, 0.3) is 0 Å². The van der Waals surface area contributed by atoms with E-state index in [-0.39, 0.29) is 6.04 Å². The molecule has 0 aliphatic carbocycles. The minimum Gasteiger partial charge on any atom is -0.383 e. The number of ether oxygens (including phenoxy) is 1. The molecule has 0 aromatic carbocycles. The van der Waals surface area contributed by atoms with Crippen molar-refractivity contribution in [1.29, 1.82) is 0 Å². The Morgan fingerprint density at radius 3 is 2.60 bits per heavy atom. The molecule has 2 N–H and O–H groups in total. The predicted octanol–water partition coefficient (Wildman–Crippen LogP) is 1.95. The van der Waals surface area contributed by atoms with E-state index in [4.69, 9.17) is 4.74 Å². The molecule has 20 heavy (non-hydrogen) atoms. The van der Waals surface area contributed by atoms with E-state index in [2.05, 4.69) is 23.9 Å². The zero-order chi connectivity index (χ0) is 15.2. The standard InChI is InChI=1S/C13H24N2O3S2/c1-5-11(9-18-4)15-20(16,17)13-7-6-12(19-13)8-14-10(2)3/h6-7,10-11,14-15H,5,8-9H2,1-4H3. The van der Waals surface area contributed by atoms with Crippen molar-refractivity contribution in [2.24, 2.45) is 0 Å². The quantitative estimate of drug-likeness (QED) is 0.730. The zero-order valence-electron chi connectivity index (χ0n) is 12.5. The Bertz CT molecular complexity index is 497. The summed E-state index contributed by atoms with van der Waals surface area (Å²) in [5.74, 6) is 0. The molecule has 0 spiro atoms. The van der Waals surface area contributed by atoms with Gasteiger partial charge in [-0.2, -0.15) is 0 Å². The fraction of sp³-hybridized carbons (Fsp3) is 0.692. The summed E-state index contributed by atoms with van der Waals surface area (Å²) < 4.78 is 32.5. The van der Waals surface area contributed by atoms with Crippen LogP contribution in [0.25, 0.3) is 0 Å². The van der Waals surface area contributed by atoms with E-state index in [9.17, 15) is 8.42 Å². The van der Waals surface area contributed by atoms with Crippen molar-refractivity contribution in [3.05, 3.63) is 17.0 Å². The number of hydrogen-bond donors (Lipinski definition) is 2. The lowest BCUT2D eigenvalue weighted by Crippen LogP contribution is -2.37. The molecule has 1 aromatic heterocycles. The molecule has 5 nitrogen and oxygen atoms in total. The van der Waals surface area contributed by atoms with Crippen LogP contribution < -0.4 is 10.0 Å². The van der Waals surface area contributed by atoms with Gasteiger partial charge in [-0.3, -0.25) is 0 Å². The number of thiophene rings is 1. The molecule has 0 saturated heterocycles. The Kier molecular flexibility index (Phi) is 7.11. The molecule has 1 aromatic rings. The minimum atomic E-state index is -3.45. The second-order valence-electron chi connectivity index (χ2n) is 4.94. The van der Waals surface area contributed by atoms with E-state index < -0.39 is 10.0 Å². The van der Waals surface area contributed by atoms with E-state index in [1.54, 1.807) is 13.2 Å². The number of hydrogen-bond acceptors (Lipinski definition) is 5. The maximum Gasteiger partial charge on any atom is 0.250 e. The molecule has 1 heterocycles. The van der Waals surface area contributed by atoms with E-state index >= 15 is 0 Å². The van der Waals surface area contributed by atoms with Crippen molar-refractivity contribution in [3.8, 4) is 0 Å². The van der Waals surface area contributed by atoms with Gasteiger partial charge in [0.1, 0.15) is 4.21 Å². The SMILES string of the molecule is CCC(COC)NS(=O)(=O)c1ccc(CNC(C)C)s1. The lowest BCUT2D eigenvalue weighted by molar-refractivity contribution is 0.173. The van der Waals surface area contributed by atoms with Crippen LogP contribution in [0.5, 0.6) is 0 Å². The van der Waals surface area contributed by atoms with Gasteiger partial charge >= 0.3 is 0 Å². The third kappa shape index (κ3) is 5.49. The largest absolute Gasteiger partial charge is 0.383 e. The van der Waals surface area contributed by atoms with Crippen molar-refractivity contribution < 1.29 is 13.2 Å². The van der Waals surface area contributed by atoms with Gasteiger partial charge in [0, 0.05) is 30.6 Å². The molecule has 0 fully saturated rings. The highest BCUT2D eigenvalue weighted by Crippen LogP contribution is 2.22. The summed E-state index contributed by atoms with van der Waals surface area (Å²) in [7, 11) is -1.88. The molecule has 1 rings (SSSR count). The van der Waals surface area contributed by atoms with Gasteiger partial charge in [-0.25, -0.2) is 13.1 Å². The van der Waals surface area contributed by atoms with Crippen molar-refractivity contribution in [2.75, 3.05) is 13.7 Å². The van der Waals surface area contributed by atoms with Crippen molar-refractivity contribution in [3.63, 3.8) is 0 Å². The minimum absolute atomic E-state index is 0.190. The molecule has 1 atom stereocenters. The van der Waals surface area contributed by atoms with Crippen molar-refractivity contribution >= 4 is 21.4 Å². The molecule has 0 amide bonds. The van der Waals surface area contributed by atoms with E-state index in [1.807, 2.05) is 13.0 Å². The number of nitrogens with one attached hydrogen (secondary N) is 2. The summed E-state index contributed by atoms with van der Waals surface area (Å²) in [6, 6.07) is 3.70. The molecule has 0 bridgehead atoms. The summed E-state index contributed by atoms with van der Waals surface area (Å²) in [4.78, 5) is 1.01. The maximum atomic E-state index is 12.3. The van der Waals surface area contributed by atoms with Crippen LogP contribution in [0.15, 0.2) is 16.3 Å². The van der Waals surface area contributed by atoms with Gasteiger partial charge in [0.2, 0.25) is 10.0 Å². The van der Waals surface area contributed by atoms with E-state index in [1.165, 1.54) is 11.3 Å². The van der Waals surface area contributed by atoms with Crippen LogP contribution in [0.4, 0.5) is 0 Å². The van der Waals surface area contributed by atoms with Crippen LogP contribution in [0.1, 0.15) is 32.1 Å². The monoisotopic (exact) mass is 320 g/mol. The Labute approximate surface area is 125 Å². The van der Waals surface area contributed by atoms with Crippen LogP contribution in [0.2, 0.25) is 0 Å². The second-order valence-corrected chi connectivity index (χ2v) is 8.05. The van der Waals surface area contributed by atoms with Crippen molar-refractivity contribution in [2.45, 2.75) is 50.0 Å². The predicted molar refractivity (Wildman–Crippen MR) is 82.6 cm³/mol. The molecule has 0 saturated carbocycles. The molecule has 1 unspecified atom stereocenters. The van der Waals surface area contributed by atoms with Gasteiger partial charge < -0.3 is 10.1 Å². The highest BCUT2D eigenvalue weighted by atomic mass is 32.2.